The standard InChI is InChI=1S/C24H23N3O7S/c28-22(26-12-14-27(15-13-26)35(31,32)18-7-2-1-3-8-18)17-34-24(30)19-9-4-5-10-20(19)25-23(29)21-11-6-16-33-21/h1-11,16H,12-15,17H2,(H,25,29). The Bertz CT molecular complexity index is 1300. The first-order chi connectivity index (χ1) is 16.9. The second kappa shape index (κ2) is 10.5. The minimum absolute atomic E-state index is 0.0803. The zero-order chi connectivity index (χ0) is 24.8. The van der Waals surface area contributed by atoms with Gasteiger partial charge in [-0.2, -0.15) is 4.31 Å². The van der Waals surface area contributed by atoms with Crippen LogP contribution in [0.5, 0.6) is 0 Å². The van der Waals surface area contributed by atoms with E-state index >= 15 is 0 Å². The number of sulfonamides is 1. The van der Waals surface area contributed by atoms with E-state index in [9.17, 15) is 22.8 Å². The Kier molecular flexibility index (Phi) is 7.28. The highest BCUT2D eigenvalue weighted by atomic mass is 32.2. The molecule has 0 spiro atoms. The molecule has 0 bridgehead atoms. The number of nitrogens with one attached hydrogen (secondary N) is 1. The van der Waals surface area contributed by atoms with Gasteiger partial charge in [-0.1, -0.05) is 30.3 Å². The Hall–Kier alpha value is -3.96. The molecule has 3 aromatic rings. The van der Waals surface area contributed by atoms with Crippen molar-refractivity contribution < 1.29 is 32.0 Å². The quantitative estimate of drug-likeness (QED) is 0.496. The fraction of sp³-hybridized carbons (Fsp3) is 0.208. The number of carbonyl (C=O) groups is 3. The number of nitrogens with zero attached hydrogens (tertiary/aromatic N) is 2. The lowest BCUT2D eigenvalue weighted by Crippen LogP contribution is -2.51. The molecule has 11 heteroatoms. The molecule has 35 heavy (non-hydrogen) atoms. The second-order valence-corrected chi connectivity index (χ2v) is 9.59. The highest BCUT2D eigenvalue weighted by Gasteiger charge is 2.30. The lowest BCUT2D eigenvalue weighted by molar-refractivity contribution is -0.135. The molecule has 0 radical (unpaired) electrons. The minimum atomic E-state index is -3.64. The van der Waals surface area contributed by atoms with Gasteiger partial charge in [-0.15, -0.1) is 0 Å². The third-order valence-corrected chi connectivity index (χ3v) is 7.35. The van der Waals surface area contributed by atoms with E-state index in [4.69, 9.17) is 9.15 Å². The van der Waals surface area contributed by atoms with Crippen molar-refractivity contribution in [3.8, 4) is 0 Å². The summed E-state index contributed by atoms with van der Waals surface area (Å²) in [5, 5.41) is 2.59. The number of carbonyl (C=O) groups excluding carboxylic acids is 3. The SMILES string of the molecule is O=C(Nc1ccccc1C(=O)OCC(=O)N1CCN(S(=O)(=O)c2ccccc2)CC1)c1ccco1. The molecular weight excluding hydrogens is 474 g/mol. The summed E-state index contributed by atoms with van der Waals surface area (Å²) in [6.07, 6.45) is 1.36. The largest absolute Gasteiger partial charge is 0.459 e. The van der Waals surface area contributed by atoms with Gasteiger partial charge in [-0.25, -0.2) is 13.2 Å². The van der Waals surface area contributed by atoms with Gasteiger partial charge in [0.25, 0.3) is 11.8 Å². The smallest absolute Gasteiger partial charge is 0.340 e. The molecule has 1 aliphatic heterocycles. The molecule has 4 rings (SSSR count). The number of piperazine rings is 1. The molecule has 0 aliphatic carbocycles. The summed E-state index contributed by atoms with van der Waals surface area (Å²) in [5.74, 6) is -1.67. The van der Waals surface area contributed by atoms with E-state index in [1.165, 1.54) is 45.8 Å². The predicted octanol–water partition coefficient (Wildman–Crippen LogP) is 2.22. The van der Waals surface area contributed by atoms with Gasteiger partial charge in [-0.05, 0) is 36.4 Å². The fourth-order valence-corrected chi connectivity index (χ4v) is 5.02. The first kappa shape index (κ1) is 24.2. The fourth-order valence-electron chi connectivity index (χ4n) is 3.58. The van der Waals surface area contributed by atoms with Crippen molar-refractivity contribution in [2.45, 2.75) is 4.90 Å². The number of para-hydroxylation sites is 1. The van der Waals surface area contributed by atoms with Gasteiger partial charge in [0.1, 0.15) is 0 Å². The van der Waals surface area contributed by atoms with Crippen molar-refractivity contribution >= 4 is 33.5 Å². The van der Waals surface area contributed by atoms with Gasteiger partial charge in [0.05, 0.1) is 22.4 Å². The average Bonchev–Trinajstić information content (AvgIpc) is 3.43. The van der Waals surface area contributed by atoms with Gasteiger partial charge in [0.2, 0.25) is 10.0 Å². The van der Waals surface area contributed by atoms with E-state index in [2.05, 4.69) is 5.32 Å². The zero-order valence-corrected chi connectivity index (χ0v) is 19.4. The Labute approximate surface area is 202 Å². The van der Waals surface area contributed by atoms with Gasteiger partial charge in [0, 0.05) is 26.2 Å². The van der Waals surface area contributed by atoms with E-state index in [0.717, 1.165) is 0 Å². The van der Waals surface area contributed by atoms with Crippen LogP contribution in [0.25, 0.3) is 0 Å². The van der Waals surface area contributed by atoms with Crippen molar-refractivity contribution in [1.82, 2.24) is 9.21 Å². The number of furan rings is 1. The van der Waals surface area contributed by atoms with Gasteiger partial charge in [0.15, 0.2) is 12.4 Å². The number of benzene rings is 2. The van der Waals surface area contributed by atoms with Gasteiger partial charge < -0.3 is 19.4 Å². The van der Waals surface area contributed by atoms with Gasteiger partial charge >= 0.3 is 5.97 Å². The Morgan fingerprint density at radius 1 is 0.886 bits per heavy atom. The van der Waals surface area contributed by atoms with Crippen LogP contribution in [0, 0.1) is 0 Å². The molecule has 2 aromatic carbocycles. The third kappa shape index (κ3) is 5.58. The highest BCUT2D eigenvalue weighted by Crippen LogP contribution is 2.19. The van der Waals surface area contributed by atoms with Crippen molar-refractivity contribution in [2.75, 3.05) is 38.1 Å². The monoisotopic (exact) mass is 497 g/mol. The third-order valence-electron chi connectivity index (χ3n) is 5.44. The van der Waals surface area contributed by atoms with Crippen molar-refractivity contribution in [3.63, 3.8) is 0 Å². The van der Waals surface area contributed by atoms with Crippen LogP contribution in [-0.2, 0) is 19.6 Å². The number of hydrogen-bond donors (Lipinski definition) is 1. The molecule has 0 unspecified atom stereocenters. The predicted molar refractivity (Wildman–Crippen MR) is 125 cm³/mol. The maximum Gasteiger partial charge on any atom is 0.340 e. The molecular formula is C24H23N3O7S. The average molecular weight is 498 g/mol. The summed E-state index contributed by atoms with van der Waals surface area (Å²) < 4.78 is 37.0. The molecule has 1 fully saturated rings. The lowest BCUT2D eigenvalue weighted by Gasteiger charge is -2.33. The molecule has 0 saturated carbocycles. The molecule has 2 amide bonds. The molecule has 1 saturated heterocycles. The van der Waals surface area contributed by atoms with Crippen LogP contribution in [0.3, 0.4) is 0 Å². The number of esters is 1. The normalized spacial score (nSPS) is 14.3. The summed E-state index contributed by atoms with van der Waals surface area (Å²) in [5.41, 5.74) is 0.296. The molecule has 2 heterocycles. The Morgan fingerprint density at radius 3 is 2.26 bits per heavy atom. The highest BCUT2D eigenvalue weighted by molar-refractivity contribution is 7.89. The zero-order valence-electron chi connectivity index (χ0n) is 18.6. The van der Waals surface area contributed by atoms with Crippen molar-refractivity contribution in [2.24, 2.45) is 0 Å². The number of ether oxygens (including phenoxy) is 1. The van der Waals surface area contributed by atoms with Crippen molar-refractivity contribution in [1.29, 1.82) is 0 Å². The summed E-state index contributed by atoms with van der Waals surface area (Å²) in [4.78, 5) is 39.1. The van der Waals surface area contributed by atoms with Crippen LogP contribution >= 0.6 is 0 Å². The van der Waals surface area contributed by atoms with Crippen LogP contribution in [0.2, 0.25) is 0 Å². The van der Waals surface area contributed by atoms with E-state index in [-0.39, 0.29) is 48.1 Å². The summed E-state index contributed by atoms with van der Waals surface area (Å²) in [6, 6.07) is 17.4. The molecule has 1 aliphatic rings. The maximum atomic E-state index is 12.7. The number of hydrogen-bond acceptors (Lipinski definition) is 7. The first-order valence-electron chi connectivity index (χ1n) is 10.8. The second-order valence-electron chi connectivity index (χ2n) is 7.65. The summed E-state index contributed by atoms with van der Waals surface area (Å²) >= 11 is 0. The Morgan fingerprint density at radius 2 is 1.57 bits per heavy atom. The molecule has 1 aromatic heterocycles. The van der Waals surface area contributed by atoms with Gasteiger partial charge in [-0.3, -0.25) is 9.59 Å². The summed E-state index contributed by atoms with van der Waals surface area (Å²) in [6.45, 7) is 0.123. The molecule has 0 atom stereocenters. The van der Waals surface area contributed by atoms with E-state index in [1.807, 2.05) is 0 Å². The minimum Gasteiger partial charge on any atom is -0.459 e. The number of amides is 2. The first-order valence-corrected chi connectivity index (χ1v) is 12.2. The van der Waals surface area contributed by atoms with E-state index in [1.54, 1.807) is 36.4 Å². The molecule has 1 N–H and O–H groups in total. The molecule has 10 nitrogen and oxygen atoms in total. The van der Waals surface area contributed by atoms with Crippen LogP contribution in [0.1, 0.15) is 20.9 Å². The topological polar surface area (TPSA) is 126 Å². The lowest BCUT2D eigenvalue weighted by atomic mass is 10.1. The number of rotatable bonds is 7. The van der Waals surface area contributed by atoms with Crippen LogP contribution in [0.15, 0.2) is 82.3 Å². The van der Waals surface area contributed by atoms with Crippen LogP contribution < -0.4 is 5.32 Å². The number of anilines is 1. The maximum absolute atomic E-state index is 12.7. The van der Waals surface area contributed by atoms with Crippen molar-refractivity contribution in [3.05, 3.63) is 84.3 Å². The van der Waals surface area contributed by atoms with Crippen LogP contribution in [-0.4, -0.2) is 68.2 Å². The van der Waals surface area contributed by atoms with E-state index in [0.29, 0.717) is 0 Å². The molecule has 182 valence electrons. The van der Waals surface area contributed by atoms with E-state index < -0.39 is 34.4 Å². The Balaban J connectivity index is 1.31. The van der Waals surface area contributed by atoms with Crippen LogP contribution in [0.4, 0.5) is 5.69 Å². The summed E-state index contributed by atoms with van der Waals surface area (Å²) in [7, 11) is -3.64.